The molecule has 0 saturated heterocycles. The first-order valence-corrected chi connectivity index (χ1v) is 4.56. The third-order valence-corrected chi connectivity index (χ3v) is 2.15. The summed E-state index contributed by atoms with van der Waals surface area (Å²) in [4.78, 5) is 0. The summed E-state index contributed by atoms with van der Waals surface area (Å²) in [6.45, 7) is 0. The Morgan fingerprint density at radius 1 is 1.57 bits per heavy atom. The van der Waals surface area contributed by atoms with Crippen LogP contribution >= 0.6 is 11.7 Å². The largest absolute Gasteiger partial charge is 0.389 e. The van der Waals surface area contributed by atoms with Crippen molar-refractivity contribution >= 4 is 11.7 Å². The minimum Gasteiger partial charge on any atom is -0.271 e. The van der Waals surface area contributed by atoms with Gasteiger partial charge < -0.3 is 0 Å². The van der Waals surface area contributed by atoms with Crippen molar-refractivity contribution in [3.63, 3.8) is 0 Å². The number of hydrogen-bond acceptors (Lipinski definition) is 5. The van der Waals surface area contributed by atoms with Crippen LogP contribution in [0.5, 0.6) is 0 Å². The Balaban J connectivity index is 2.49. The van der Waals surface area contributed by atoms with Crippen LogP contribution < -0.4 is 11.3 Å². The number of hydrazine groups is 1. The number of nitrogens with zero attached hydrogens (tertiary/aromatic N) is 2. The third-order valence-electron chi connectivity index (χ3n) is 1.65. The van der Waals surface area contributed by atoms with Crippen LogP contribution in [0.4, 0.5) is 13.2 Å². The number of nitrogens with two attached hydrogens (primary N) is 1. The fraction of sp³-hybridized carbons (Fsp3) is 0.667. The molecule has 0 radical (unpaired) electrons. The number of hydrogen-bond donors (Lipinski definition) is 2. The van der Waals surface area contributed by atoms with Crippen LogP contribution in [0.15, 0.2) is 6.20 Å². The molecule has 0 fully saturated rings. The standard InChI is InChI=1S/C6H9F3N4S/c7-6(8,9)2-1-4(12-10)5-3-11-14-13-5/h3-4,12H,1-2,10H2. The van der Waals surface area contributed by atoms with Gasteiger partial charge in [0.1, 0.15) is 0 Å². The summed E-state index contributed by atoms with van der Waals surface area (Å²) in [7, 11) is 0. The van der Waals surface area contributed by atoms with Crippen LogP contribution in [-0.2, 0) is 0 Å². The average Bonchev–Trinajstić information content (AvgIpc) is 2.56. The van der Waals surface area contributed by atoms with E-state index in [1.54, 1.807) is 0 Å². The molecule has 14 heavy (non-hydrogen) atoms. The minimum atomic E-state index is -4.17. The Bertz CT molecular complexity index is 261. The Morgan fingerprint density at radius 3 is 2.71 bits per heavy atom. The molecule has 80 valence electrons. The van der Waals surface area contributed by atoms with Crippen LogP contribution in [0.1, 0.15) is 24.6 Å². The highest BCUT2D eigenvalue weighted by molar-refractivity contribution is 6.99. The van der Waals surface area contributed by atoms with Crippen molar-refractivity contribution in [1.82, 2.24) is 14.2 Å². The number of nitrogens with one attached hydrogen (secondary N) is 1. The first-order valence-electron chi connectivity index (χ1n) is 3.83. The van der Waals surface area contributed by atoms with Crippen molar-refractivity contribution in [3.05, 3.63) is 11.9 Å². The van der Waals surface area contributed by atoms with Crippen molar-refractivity contribution in [1.29, 1.82) is 0 Å². The lowest BCUT2D eigenvalue weighted by Crippen LogP contribution is -2.29. The van der Waals surface area contributed by atoms with Gasteiger partial charge in [-0.05, 0) is 6.42 Å². The molecule has 1 rings (SSSR count). The van der Waals surface area contributed by atoms with Gasteiger partial charge in [0.05, 0.1) is 29.7 Å². The quantitative estimate of drug-likeness (QED) is 0.601. The van der Waals surface area contributed by atoms with Gasteiger partial charge in [-0.3, -0.25) is 11.3 Å². The van der Waals surface area contributed by atoms with Gasteiger partial charge in [-0.25, -0.2) is 0 Å². The van der Waals surface area contributed by atoms with Gasteiger partial charge in [-0.2, -0.15) is 21.9 Å². The second-order valence-corrected chi connectivity index (χ2v) is 3.26. The second kappa shape index (κ2) is 4.67. The molecule has 0 aliphatic carbocycles. The van der Waals surface area contributed by atoms with Crippen LogP contribution in [0.25, 0.3) is 0 Å². The molecule has 3 N–H and O–H groups in total. The van der Waals surface area contributed by atoms with Crippen LogP contribution in [0.2, 0.25) is 0 Å². The summed E-state index contributed by atoms with van der Waals surface area (Å²) in [6.07, 6.45) is -3.78. The fourth-order valence-electron chi connectivity index (χ4n) is 0.950. The summed E-state index contributed by atoms with van der Waals surface area (Å²) in [5, 5.41) is 0. The molecule has 1 aromatic heterocycles. The topological polar surface area (TPSA) is 63.8 Å². The summed E-state index contributed by atoms with van der Waals surface area (Å²) in [5.41, 5.74) is 2.73. The highest BCUT2D eigenvalue weighted by Gasteiger charge is 2.29. The molecule has 0 spiro atoms. The molecular formula is C6H9F3N4S. The molecule has 1 unspecified atom stereocenters. The first-order chi connectivity index (χ1) is 6.53. The Hall–Kier alpha value is -0.730. The number of rotatable bonds is 4. The minimum absolute atomic E-state index is 0.134. The zero-order valence-electron chi connectivity index (χ0n) is 7.08. The summed E-state index contributed by atoms with van der Waals surface area (Å²) >= 11 is 0.940. The van der Waals surface area contributed by atoms with Gasteiger partial charge in [0.2, 0.25) is 0 Å². The zero-order valence-corrected chi connectivity index (χ0v) is 7.90. The molecular weight excluding hydrogens is 217 g/mol. The molecule has 0 amide bonds. The second-order valence-electron chi connectivity index (χ2n) is 2.71. The lowest BCUT2D eigenvalue weighted by atomic mass is 10.1. The maximum Gasteiger partial charge on any atom is 0.389 e. The lowest BCUT2D eigenvalue weighted by molar-refractivity contribution is -0.136. The SMILES string of the molecule is NNC(CCC(F)(F)F)c1cnsn1. The normalized spacial score (nSPS) is 14.3. The molecule has 8 heteroatoms. The van der Waals surface area contributed by atoms with E-state index in [1.807, 2.05) is 0 Å². The molecule has 0 bridgehead atoms. The van der Waals surface area contributed by atoms with Crippen LogP contribution in [0, 0.1) is 0 Å². The zero-order chi connectivity index (χ0) is 10.6. The summed E-state index contributed by atoms with van der Waals surface area (Å²) < 4.78 is 43.2. The Kier molecular flexibility index (Phi) is 3.78. The highest BCUT2D eigenvalue weighted by atomic mass is 32.1. The van der Waals surface area contributed by atoms with Gasteiger partial charge >= 0.3 is 6.18 Å². The van der Waals surface area contributed by atoms with E-state index < -0.39 is 18.6 Å². The molecule has 0 aliphatic rings. The molecule has 0 aromatic carbocycles. The number of alkyl halides is 3. The monoisotopic (exact) mass is 226 g/mol. The van der Waals surface area contributed by atoms with Crippen molar-refractivity contribution in [2.24, 2.45) is 5.84 Å². The van der Waals surface area contributed by atoms with Gasteiger partial charge in [0, 0.05) is 6.42 Å². The van der Waals surface area contributed by atoms with Gasteiger partial charge in [-0.15, -0.1) is 0 Å². The third kappa shape index (κ3) is 3.56. The van der Waals surface area contributed by atoms with Gasteiger partial charge in [-0.1, -0.05) is 0 Å². The van der Waals surface area contributed by atoms with Crippen molar-refractivity contribution < 1.29 is 13.2 Å². The van der Waals surface area contributed by atoms with Gasteiger partial charge in [0.25, 0.3) is 0 Å². The Labute approximate surface area is 82.6 Å². The maximum absolute atomic E-state index is 11.9. The molecule has 1 atom stereocenters. The first kappa shape index (κ1) is 11.3. The average molecular weight is 226 g/mol. The maximum atomic E-state index is 11.9. The number of aromatic nitrogens is 2. The van der Waals surface area contributed by atoms with E-state index in [0.29, 0.717) is 5.69 Å². The highest BCUT2D eigenvalue weighted by Crippen LogP contribution is 2.26. The lowest BCUT2D eigenvalue weighted by Gasteiger charge is -2.13. The predicted molar refractivity (Wildman–Crippen MR) is 45.3 cm³/mol. The Morgan fingerprint density at radius 2 is 2.29 bits per heavy atom. The van der Waals surface area contributed by atoms with E-state index in [2.05, 4.69) is 14.2 Å². The smallest absolute Gasteiger partial charge is 0.271 e. The van der Waals surface area contributed by atoms with Crippen LogP contribution in [0.3, 0.4) is 0 Å². The molecule has 0 saturated carbocycles. The van der Waals surface area contributed by atoms with Crippen molar-refractivity contribution in [2.45, 2.75) is 25.1 Å². The van der Waals surface area contributed by atoms with E-state index >= 15 is 0 Å². The molecule has 0 aliphatic heterocycles. The van der Waals surface area contributed by atoms with E-state index in [-0.39, 0.29) is 6.42 Å². The van der Waals surface area contributed by atoms with Gasteiger partial charge in [0.15, 0.2) is 0 Å². The predicted octanol–water partition coefficient (Wildman–Crippen LogP) is 1.39. The molecule has 1 aromatic rings. The summed E-state index contributed by atoms with van der Waals surface area (Å²) in [5.74, 6) is 5.11. The van der Waals surface area contributed by atoms with E-state index in [1.165, 1.54) is 6.20 Å². The van der Waals surface area contributed by atoms with Crippen LogP contribution in [-0.4, -0.2) is 14.9 Å². The van der Waals surface area contributed by atoms with E-state index in [0.717, 1.165) is 11.7 Å². The fourth-order valence-corrected chi connectivity index (χ4v) is 1.42. The summed E-state index contributed by atoms with van der Waals surface area (Å²) in [6, 6.07) is -0.588. The van der Waals surface area contributed by atoms with E-state index in [9.17, 15) is 13.2 Å². The van der Waals surface area contributed by atoms with E-state index in [4.69, 9.17) is 5.84 Å². The van der Waals surface area contributed by atoms with Crippen molar-refractivity contribution in [2.75, 3.05) is 0 Å². The molecule has 4 nitrogen and oxygen atoms in total. The van der Waals surface area contributed by atoms with Crippen molar-refractivity contribution in [3.8, 4) is 0 Å². The molecule has 1 heterocycles. The number of halogens is 3.